The summed E-state index contributed by atoms with van der Waals surface area (Å²) >= 11 is 0. The van der Waals surface area contributed by atoms with Crippen molar-refractivity contribution in [1.29, 1.82) is 0 Å². The van der Waals surface area contributed by atoms with Crippen molar-refractivity contribution in [2.75, 3.05) is 45.8 Å². The van der Waals surface area contributed by atoms with Crippen LogP contribution in [0.25, 0.3) is 5.65 Å². The second-order valence-electron chi connectivity index (χ2n) is 6.98. The third-order valence-corrected chi connectivity index (χ3v) is 5.40. The highest BCUT2D eigenvalue weighted by Gasteiger charge is 2.25. The number of pyridine rings is 1. The molecule has 0 spiro atoms. The van der Waals surface area contributed by atoms with Crippen LogP contribution < -0.4 is 5.32 Å². The van der Waals surface area contributed by atoms with Crippen molar-refractivity contribution >= 4 is 36.4 Å². The lowest BCUT2D eigenvalue weighted by Crippen LogP contribution is -2.47. The van der Waals surface area contributed by atoms with Gasteiger partial charge in [-0.3, -0.25) is 9.20 Å². The SMILES string of the molecule is Cl.Cl.O=C(CCN1CCC(c2nnc3ccccn23)CC1)N1CCNCC1. The molecule has 2 aromatic heterocycles. The first-order chi connectivity index (χ1) is 12.3. The maximum Gasteiger partial charge on any atom is 0.223 e. The van der Waals surface area contributed by atoms with E-state index in [1.54, 1.807) is 0 Å². The molecule has 2 aliphatic heterocycles. The third-order valence-electron chi connectivity index (χ3n) is 5.40. The van der Waals surface area contributed by atoms with Gasteiger partial charge in [-0.25, -0.2) is 0 Å². The summed E-state index contributed by atoms with van der Waals surface area (Å²) in [6, 6.07) is 6.01. The van der Waals surface area contributed by atoms with E-state index < -0.39 is 0 Å². The minimum Gasteiger partial charge on any atom is -0.340 e. The molecule has 0 aliphatic carbocycles. The van der Waals surface area contributed by atoms with Crippen LogP contribution in [-0.2, 0) is 4.79 Å². The van der Waals surface area contributed by atoms with Gasteiger partial charge in [0.25, 0.3) is 0 Å². The van der Waals surface area contributed by atoms with Crippen LogP contribution in [0, 0.1) is 0 Å². The van der Waals surface area contributed by atoms with Gasteiger partial charge in [-0.2, -0.15) is 0 Å². The summed E-state index contributed by atoms with van der Waals surface area (Å²) in [6.07, 6.45) is 4.84. The van der Waals surface area contributed by atoms with Gasteiger partial charge in [0.15, 0.2) is 5.65 Å². The van der Waals surface area contributed by atoms with E-state index in [9.17, 15) is 4.79 Å². The molecule has 0 atom stereocenters. The molecule has 0 saturated carbocycles. The fourth-order valence-corrected chi connectivity index (χ4v) is 3.88. The molecule has 1 N–H and O–H groups in total. The number of carbonyl (C=O) groups excluding carboxylic acids is 1. The molecule has 0 radical (unpaired) electrons. The number of hydrogen-bond acceptors (Lipinski definition) is 5. The molecule has 2 aliphatic rings. The predicted molar refractivity (Wildman–Crippen MR) is 110 cm³/mol. The molecule has 150 valence electrons. The van der Waals surface area contributed by atoms with E-state index in [2.05, 4.69) is 24.8 Å². The summed E-state index contributed by atoms with van der Waals surface area (Å²) in [5.74, 6) is 1.83. The Kier molecular flexibility index (Phi) is 8.28. The van der Waals surface area contributed by atoms with E-state index >= 15 is 0 Å². The van der Waals surface area contributed by atoms with Crippen LogP contribution in [0.15, 0.2) is 24.4 Å². The zero-order chi connectivity index (χ0) is 17.1. The second-order valence-corrected chi connectivity index (χ2v) is 6.98. The standard InChI is InChI=1S/C18H26N6O.2ClH/c25-17(23-13-7-19-8-14-23)6-12-22-10-4-15(5-11-22)18-21-20-16-3-1-2-9-24(16)18;;/h1-3,9,15,19H,4-8,10-14H2;2*1H. The largest absolute Gasteiger partial charge is 0.340 e. The number of piperidine rings is 1. The third kappa shape index (κ3) is 5.10. The number of amides is 1. The van der Waals surface area contributed by atoms with E-state index in [4.69, 9.17) is 0 Å². The van der Waals surface area contributed by atoms with Crippen LogP contribution >= 0.6 is 24.8 Å². The fourth-order valence-electron chi connectivity index (χ4n) is 3.88. The van der Waals surface area contributed by atoms with Gasteiger partial charge < -0.3 is 15.1 Å². The summed E-state index contributed by atoms with van der Waals surface area (Å²) in [7, 11) is 0. The number of nitrogens with one attached hydrogen (secondary N) is 1. The molecule has 4 heterocycles. The Balaban J connectivity index is 0.00000131. The van der Waals surface area contributed by atoms with E-state index in [0.717, 1.165) is 70.1 Å². The summed E-state index contributed by atoms with van der Waals surface area (Å²) in [5.41, 5.74) is 0.918. The predicted octanol–water partition coefficient (Wildman–Crippen LogP) is 1.57. The lowest BCUT2D eigenvalue weighted by molar-refractivity contribution is -0.132. The number of fused-ring (bicyclic) bond motifs is 1. The van der Waals surface area contributed by atoms with Gasteiger partial charge in [-0.05, 0) is 38.1 Å². The Labute approximate surface area is 172 Å². The van der Waals surface area contributed by atoms with Gasteiger partial charge in [0.1, 0.15) is 5.82 Å². The maximum absolute atomic E-state index is 12.3. The van der Waals surface area contributed by atoms with Gasteiger partial charge in [0.2, 0.25) is 5.91 Å². The minimum atomic E-state index is 0. The van der Waals surface area contributed by atoms with E-state index in [1.165, 1.54) is 0 Å². The van der Waals surface area contributed by atoms with Gasteiger partial charge in [-0.1, -0.05) is 6.07 Å². The Morgan fingerprint density at radius 3 is 2.56 bits per heavy atom. The molecular formula is C18H28Cl2N6O. The van der Waals surface area contributed by atoms with Crippen molar-refractivity contribution < 1.29 is 4.79 Å². The quantitative estimate of drug-likeness (QED) is 0.822. The average molecular weight is 415 g/mol. The van der Waals surface area contributed by atoms with Crippen LogP contribution in [0.5, 0.6) is 0 Å². The van der Waals surface area contributed by atoms with Gasteiger partial charge >= 0.3 is 0 Å². The van der Waals surface area contributed by atoms with Crippen LogP contribution in [0.2, 0.25) is 0 Å². The normalized spacial score (nSPS) is 18.7. The van der Waals surface area contributed by atoms with Crippen molar-refractivity contribution in [2.45, 2.75) is 25.2 Å². The Morgan fingerprint density at radius 2 is 1.81 bits per heavy atom. The summed E-state index contributed by atoms with van der Waals surface area (Å²) < 4.78 is 2.11. The van der Waals surface area contributed by atoms with E-state index in [-0.39, 0.29) is 24.8 Å². The molecule has 1 amide bonds. The topological polar surface area (TPSA) is 65.8 Å². The molecule has 9 heteroatoms. The van der Waals surface area contributed by atoms with Gasteiger partial charge in [0, 0.05) is 51.3 Å². The number of hydrogen-bond donors (Lipinski definition) is 1. The molecular weight excluding hydrogens is 387 g/mol. The molecule has 2 fully saturated rings. The molecule has 2 saturated heterocycles. The Bertz CT molecular complexity index is 725. The average Bonchev–Trinajstić information content (AvgIpc) is 3.11. The zero-order valence-electron chi connectivity index (χ0n) is 15.4. The Hall–Kier alpha value is -1.41. The van der Waals surface area contributed by atoms with E-state index in [0.29, 0.717) is 18.2 Å². The second kappa shape index (κ2) is 10.2. The molecule has 2 aromatic rings. The van der Waals surface area contributed by atoms with Crippen molar-refractivity contribution in [3.05, 3.63) is 30.2 Å². The molecule has 4 rings (SSSR count). The highest BCUT2D eigenvalue weighted by atomic mass is 35.5. The maximum atomic E-state index is 12.3. The fraction of sp³-hybridized carbons (Fsp3) is 0.611. The number of aromatic nitrogens is 3. The minimum absolute atomic E-state index is 0. The van der Waals surface area contributed by atoms with E-state index in [1.807, 2.05) is 29.3 Å². The van der Waals surface area contributed by atoms with Crippen molar-refractivity contribution in [1.82, 2.24) is 29.7 Å². The lowest BCUT2D eigenvalue weighted by atomic mass is 9.96. The molecule has 0 bridgehead atoms. The molecule has 0 unspecified atom stereocenters. The summed E-state index contributed by atoms with van der Waals surface area (Å²) in [5, 5.41) is 12.0. The monoisotopic (exact) mass is 414 g/mol. The first-order valence-corrected chi connectivity index (χ1v) is 9.32. The number of halogens is 2. The lowest BCUT2D eigenvalue weighted by Gasteiger charge is -2.32. The van der Waals surface area contributed by atoms with Crippen LogP contribution in [0.4, 0.5) is 0 Å². The van der Waals surface area contributed by atoms with Crippen molar-refractivity contribution in [3.8, 4) is 0 Å². The van der Waals surface area contributed by atoms with Crippen LogP contribution in [-0.4, -0.2) is 76.1 Å². The van der Waals surface area contributed by atoms with Crippen LogP contribution in [0.1, 0.15) is 31.0 Å². The van der Waals surface area contributed by atoms with Crippen LogP contribution in [0.3, 0.4) is 0 Å². The highest BCUT2D eigenvalue weighted by molar-refractivity contribution is 5.85. The number of likely N-dealkylation sites (tertiary alicyclic amines) is 1. The molecule has 0 aromatic carbocycles. The van der Waals surface area contributed by atoms with Crippen molar-refractivity contribution in [2.24, 2.45) is 0 Å². The number of nitrogens with zero attached hydrogens (tertiary/aromatic N) is 5. The number of rotatable bonds is 4. The first kappa shape index (κ1) is 21.9. The molecule has 7 nitrogen and oxygen atoms in total. The Morgan fingerprint density at radius 1 is 1.07 bits per heavy atom. The van der Waals surface area contributed by atoms with Gasteiger partial charge in [0.05, 0.1) is 0 Å². The summed E-state index contributed by atoms with van der Waals surface area (Å²) in [6.45, 7) is 6.47. The zero-order valence-corrected chi connectivity index (χ0v) is 17.1. The summed E-state index contributed by atoms with van der Waals surface area (Å²) in [4.78, 5) is 16.7. The smallest absolute Gasteiger partial charge is 0.223 e. The van der Waals surface area contributed by atoms with Crippen molar-refractivity contribution in [3.63, 3.8) is 0 Å². The first-order valence-electron chi connectivity index (χ1n) is 9.32. The molecule has 27 heavy (non-hydrogen) atoms. The number of piperazine rings is 1. The van der Waals surface area contributed by atoms with Gasteiger partial charge in [-0.15, -0.1) is 35.0 Å². The number of carbonyl (C=O) groups is 1. The highest BCUT2D eigenvalue weighted by Crippen LogP contribution is 2.27.